The predicted molar refractivity (Wildman–Crippen MR) is 151 cm³/mol. The van der Waals surface area contributed by atoms with Crippen molar-refractivity contribution in [1.82, 2.24) is 15.6 Å². The zero-order valence-electron chi connectivity index (χ0n) is 21.5. The second-order valence-electron chi connectivity index (χ2n) is 8.90. The van der Waals surface area contributed by atoms with Crippen LogP contribution in [0.15, 0.2) is 66.7 Å². The monoisotopic (exact) mass is 535 g/mol. The van der Waals surface area contributed by atoms with Crippen LogP contribution in [-0.2, 0) is 11.3 Å². The standard InChI is InChI=1S/C29H35N4O4S/c34-19-15-30-21-24-13-14-28(38-24)27(35)22-31-16-20-37-29(36)33(32-17-7-2-8-18-32)26-12-6-5-11-25(26)23-9-3-1-4-10-23/h1-6,9-14,30-31,34H,7-8,15-22H2. The van der Waals surface area contributed by atoms with Gasteiger partial charge in [-0.2, -0.15) is 0 Å². The largest absolute Gasteiger partial charge is 0.447 e. The first-order valence-electron chi connectivity index (χ1n) is 13.0. The first-order valence-corrected chi connectivity index (χ1v) is 13.8. The second kappa shape index (κ2) is 14.8. The summed E-state index contributed by atoms with van der Waals surface area (Å²) in [5, 5.41) is 18.8. The van der Waals surface area contributed by atoms with Gasteiger partial charge in [0.05, 0.1) is 23.7 Å². The molecule has 1 saturated heterocycles. The lowest BCUT2D eigenvalue weighted by molar-refractivity contribution is 0.0990. The Balaban J connectivity index is 1.33. The fourth-order valence-electron chi connectivity index (χ4n) is 4.30. The van der Waals surface area contributed by atoms with Crippen molar-refractivity contribution in [2.24, 2.45) is 0 Å². The van der Waals surface area contributed by atoms with E-state index in [2.05, 4.69) is 17.1 Å². The average molecular weight is 536 g/mol. The lowest BCUT2D eigenvalue weighted by Gasteiger charge is -2.37. The van der Waals surface area contributed by atoms with E-state index in [1.165, 1.54) is 11.3 Å². The molecule has 0 bridgehead atoms. The van der Waals surface area contributed by atoms with Gasteiger partial charge in [0.1, 0.15) is 6.61 Å². The maximum absolute atomic E-state index is 13.4. The Morgan fingerprint density at radius 2 is 1.71 bits per heavy atom. The van der Waals surface area contributed by atoms with Crippen LogP contribution >= 0.6 is 11.3 Å². The molecule has 201 valence electrons. The normalized spacial score (nSPS) is 13.8. The van der Waals surface area contributed by atoms with Crippen LogP contribution in [0.25, 0.3) is 11.1 Å². The van der Waals surface area contributed by atoms with Gasteiger partial charge < -0.3 is 20.5 Å². The number of ketones is 1. The molecule has 0 atom stereocenters. The highest BCUT2D eigenvalue weighted by Crippen LogP contribution is 2.33. The summed E-state index contributed by atoms with van der Waals surface area (Å²) >= 11 is 1.44. The lowest BCUT2D eigenvalue weighted by atomic mass is 10.0. The maximum Gasteiger partial charge on any atom is 0.429 e. The number of hydrazine groups is 1. The van der Waals surface area contributed by atoms with Crippen molar-refractivity contribution < 1.29 is 19.4 Å². The summed E-state index contributed by atoms with van der Waals surface area (Å²) in [5.74, 6) is -0.00211. The number of aliphatic hydroxyl groups is 1. The van der Waals surface area contributed by atoms with Gasteiger partial charge in [-0.05, 0) is 43.0 Å². The van der Waals surface area contributed by atoms with Gasteiger partial charge in [0.2, 0.25) is 0 Å². The van der Waals surface area contributed by atoms with Crippen LogP contribution < -0.4 is 15.6 Å². The molecule has 1 radical (unpaired) electrons. The quantitative estimate of drug-likeness (QED) is 0.224. The molecule has 3 N–H and O–H groups in total. The number of aliphatic hydroxyl groups excluding tert-OH is 1. The van der Waals surface area contributed by atoms with Crippen molar-refractivity contribution in [2.75, 3.05) is 50.9 Å². The molecule has 9 heteroatoms. The van der Waals surface area contributed by atoms with Crippen LogP contribution in [0.3, 0.4) is 0 Å². The first kappa shape index (κ1) is 27.9. The van der Waals surface area contributed by atoms with E-state index >= 15 is 0 Å². The molecular weight excluding hydrogens is 500 g/mol. The van der Waals surface area contributed by atoms with Crippen molar-refractivity contribution in [3.63, 3.8) is 0 Å². The summed E-state index contributed by atoms with van der Waals surface area (Å²) in [5.41, 5.74) is 2.78. The topological polar surface area (TPSA) is 94.1 Å². The Hall–Kier alpha value is -3.08. The number of para-hydroxylation sites is 1. The number of carbonyl (C=O) groups is 2. The number of nitrogens with zero attached hydrogens (tertiary/aromatic N) is 2. The molecule has 8 nitrogen and oxygen atoms in total. The van der Waals surface area contributed by atoms with E-state index in [4.69, 9.17) is 9.84 Å². The zero-order chi connectivity index (χ0) is 26.6. The van der Waals surface area contributed by atoms with Gasteiger partial charge in [0.15, 0.2) is 5.78 Å². The molecule has 1 fully saturated rings. The number of ether oxygens (including phenoxy) is 1. The summed E-state index contributed by atoms with van der Waals surface area (Å²) in [4.78, 5) is 27.6. The minimum absolute atomic E-state index is 0.00211. The molecule has 3 aromatic rings. The molecule has 2 heterocycles. The first-order chi connectivity index (χ1) is 18.7. The maximum atomic E-state index is 13.4. The molecule has 4 rings (SSSR count). The molecule has 0 spiro atoms. The Kier molecular flexibility index (Phi) is 10.8. The molecule has 2 aromatic carbocycles. The number of hydrogen-bond donors (Lipinski definition) is 3. The fourth-order valence-corrected chi connectivity index (χ4v) is 5.21. The molecule has 1 amide bonds. The third-order valence-electron chi connectivity index (χ3n) is 6.17. The summed E-state index contributed by atoms with van der Waals surface area (Å²) in [6.07, 6.45) is 3.62. The van der Waals surface area contributed by atoms with Gasteiger partial charge in [0.25, 0.3) is 0 Å². The number of hydrogen-bond acceptors (Lipinski definition) is 8. The fraction of sp³-hybridized carbons (Fsp3) is 0.345. The van der Waals surface area contributed by atoms with Crippen LogP contribution in [-0.4, -0.2) is 67.9 Å². The molecule has 1 aliphatic rings. The number of piperidine rings is 1. The molecule has 1 aliphatic heterocycles. The van der Waals surface area contributed by atoms with Crippen molar-refractivity contribution in [2.45, 2.75) is 19.4 Å². The van der Waals surface area contributed by atoms with Gasteiger partial charge in [0, 0.05) is 43.2 Å². The van der Waals surface area contributed by atoms with Crippen LogP contribution in [0.4, 0.5) is 10.5 Å². The minimum atomic E-state index is -0.429. The van der Waals surface area contributed by atoms with Crippen LogP contribution in [0.2, 0.25) is 0 Å². The molecule has 0 saturated carbocycles. The van der Waals surface area contributed by atoms with Crippen molar-refractivity contribution in [3.8, 4) is 11.1 Å². The number of thiophene rings is 1. The number of nitrogens with one attached hydrogen (secondary N) is 2. The van der Waals surface area contributed by atoms with Crippen molar-refractivity contribution in [1.29, 1.82) is 0 Å². The summed E-state index contributed by atoms with van der Waals surface area (Å²) in [7, 11) is 0. The zero-order valence-corrected chi connectivity index (χ0v) is 22.3. The number of amides is 1. The number of benzene rings is 2. The number of anilines is 1. The number of rotatable bonds is 13. The molecule has 1 aromatic heterocycles. The Morgan fingerprint density at radius 1 is 0.947 bits per heavy atom. The molecular formula is C29H35N4O4S. The van der Waals surface area contributed by atoms with Crippen LogP contribution in [0.1, 0.15) is 27.4 Å². The van der Waals surface area contributed by atoms with Crippen LogP contribution in [0.5, 0.6) is 0 Å². The van der Waals surface area contributed by atoms with Crippen molar-refractivity contribution in [3.05, 3.63) is 82.9 Å². The van der Waals surface area contributed by atoms with E-state index in [0.29, 0.717) is 24.5 Å². The molecule has 0 aliphatic carbocycles. The van der Waals surface area contributed by atoms with Gasteiger partial charge in [-0.25, -0.2) is 14.8 Å². The van der Waals surface area contributed by atoms with Crippen molar-refractivity contribution >= 4 is 28.9 Å². The van der Waals surface area contributed by atoms with E-state index in [0.717, 1.165) is 47.6 Å². The Labute approximate surface area is 228 Å². The van der Waals surface area contributed by atoms with Gasteiger partial charge in [-0.1, -0.05) is 48.5 Å². The smallest absolute Gasteiger partial charge is 0.429 e. The van der Waals surface area contributed by atoms with Crippen LogP contribution in [0, 0.1) is 6.42 Å². The van der Waals surface area contributed by atoms with Gasteiger partial charge >= 0.3 is 6.09 Å². The Morgan fingerprint density at radius 3 is 2.50 bits per heavy atom. The van der Waals surface area contributed by atoms with E-state index in [-0.39, 0.29) is 25.5 Å². The third-order valence-corrected chi connectivity index (χ3v) is 7.30. The third kappa shape index (κ3) is 7.72. The molecule has 38 heavy (non-hydrogen) atoms. The Bertz CT molecular complexity index is 1160. The SMILES string of the molecule is O=C(CNCCOC(=O)N(c1ccccc1-c1ccccc1)N1CC[CH]CC1)c1ccc(CNCCO)s1. The second-order valence-corrected chi connectivity index (χ2v) is 10.1. The minimum Gasteiger partial charge on any atom is -0.447 e. The average Bonchev–Trinajstić information content (AvgIpc) is 3.44. The van der Waals surface area contributed by atoms with E-state index in [9.17, 15) is 9.59 Å². The summed E-state index contributed by atoms with van der Waals surface area (Å²) < 4.78 is 5.68. The number of carbonyl (C=O) groups excluding carboxylic acids is 2. The highest BCUT2D eigenvalue weighted by atomic mass is 32.1. The van der Waals surface area contributed by atoms with E-state index in [1.54, 1.807) is 5.01 Å². The summed E-state index contributed by atoms with van der Waals surface area (Å²) in [6.45, 7) is 3.40. The molecule has 0 unspecified atom stereocenters. The predicted octanol–water partition coefficient (Wildman–Crippen LogP) is 4.13. The van der Waals surface area contributed by atoms with E-state index in [1.807, 2.05) is 71.7 Å². The number of Topliss-reactive ketones (excluding diaryl/α,β-unsaturated/α-hetero) is 1. The van der Waals surface area contributed by atoms with E-state index < -0.39 is 6.09 Å². The van der Waals surface area contributed by atoms with Gasteiger partial charge in [-0.15, -0.1) is 11.3 Å². The highest BCUT2D eigenvalue weighted by molar-refractivity contribution is 7.14. The lowest BCUT2D eigenvalue weighted by Crippen LogP contribution is -2.50. The highest BCUT2D eigenvalue weighted by Gasteiger charge is 2.28. The van der Waals surface area contributed by atoms with Gasteiger partial charge in [-0.3, -0.25) is 4.79 Å². The summed E-state index contributed by atoms with van der Waals surface area (Å²) in [6, 6.07) is 21.7.